The van der Waals surface area contributed by atoms with Gasteiger partial charge < -0.3 is 9.72 Å². The van der Waals surface area contributed by atoms with Gasteiger partial charge in [0.1, 0.15) is 24.0 Å². The number of rotatable bonds is 5. The molecule has 1 aromatic heterocycles. The SMILES string of the molecule is CSc1nc(-c2ccc(OCc3ccc(Cl)cc3Cl)cc2)c(C#N)c(=O)[nH]1. The van der Waals surface area contributed by atoms with E-state index in [1.807, 2.05) is 12.1 Å². The smallest absolute Gasteiger partial charge is 0.270 e. The maximum atomic E-state index is 12.0. The van der Waals surface area contributed by atoms with Crippen LogP contribution in [0.2, 0.25) is 10.0 Å². The molecule has 136 valence electrons. The Balaban J connectivity index is 1.83. The highest BCUT2D eigenvalue weighted by Gasteiger charge is 2.13. The minimum Gasteiger partial charge on any atom is -0.489 e. The lowest BCUT2D eigenvalue weighted by Crippen LogP contribution is -2.14. The van der Waals surface area contributed by atoms with E-state index in [1.165, 1.54) is 11.8 Å². The summed E-state index contributed by atoms with van der Waals surface area (Å²) in [6.07, 6.45) is 1.80. The summed E-state index contributed by atoms with van der Waals surface area (Å²) in [5.74, 6) is 0.623. The first kappa shape index (κ1) is 19.3. The number of halogens is 2. The Labute approximate surface area is 169 Å². The minimum absolute atomic E-state index is 0.0191. The maximum Gasteiger partial charge on any atom is 0.270 e. The molecular weight excluding hydrogens is 405 g/mol. The van der Waals surface area contributed by atoms with Crippen LogP contribution in [0, 0.1) is 11.3 Å². The second-order valence-corrected chi connectivity index (χ2v) is 7.10. The van der Waals surface area contributed by atoms with Crippen molar-refractivity contribution in [2.45, 2.75) is 11.8 Å². The zero-order valence-corrected chi connectivity index (χ0v) is 16.5. The molecule has 0 amide bonds. The van der Waals surface area contributed by atoms with E-state index in [0.717, 1.165) is 5.56 Å². The first-order valence-corrected chi connectivity index (χ1v) is 9.75. The highest BCUT2D eigenvalue weighted by molar-refractivity contribution is 7.98. The molecule has 0 spiro atoms. The van der Waals surface area contributed by atoms with Gasteiger partial charge in [0.05, 0.1) is 5.69 Å². The van der Waals surface area contributed by atoms with Crippen molar-refractivity contribution in [2.24, 2.45) is 0 Å². The standard InChI is InChI=1S/C19H13Cl2N3O2S/c1-27-19-23-17(15(9-22)18(25)24-19)11-3-6-14(7-4-11)26-10-12-2-5-13(20)8-16(12)21/h2-8H,10H2,1H3,(H,23,24,25). The van der Waals surface area contributed by atoms with E-state index in [2.05, 4.69) is 9.97 Å². The molecule has 0 aliphatic heterocycles. The molecule has 3 aromatic rings. The minimum atomic E-state index is -0.454. The Bertz CT molecular complexity index is 1080. The number of nitriles is 1. The molecule has 1 N–H and O–H groups in total. The zero-order valence-electron chi connectivity index (χ0n) is 14.1. The number of benzene rings is 2. The number of nitrogens with zero attached hydrogens (tertiary/aromatic N) is 2. The van der Waals surface area contributed by atoms with Crippen molar-refractivity contribution in [1.82, 2.24) is 9.97 Å². The summed E-state index contributed by atoms with van der Waals surface area (Å²) in [5, 5.41) is 10.8. The van der Waals surface area contributed by atoms with E-state index in [-0.39, 0.29) is 5.56 Å². The summed E-state index contributed by atoms with van der Waals surface area (Å²) in [6.45, 7) is 0.290. The quantitative estimate of drug-likeness (QED) is 0.470. The largest absolute Gasteiger partial charge is 0.489 e. The number of ether oxygens (including phenoxy) is 1. The van der Waals surface area contributed by atoms with Gasteiger partial charge in [-0.05, 0) is 42.7 Å². The first-order valence-electron chi connectivity index (χ1n) is 7.77. The molecule has 0 radical (unpaired) electrons. The molecule has 0 unspecified atom stereocenters. The van der Waals surface area contributed by atoms with Crippen molar-refractivity contribution in [1.29, 1.82) is 5.26 Å². The van der Waals surface area contributed by atoms with Crippen LogP contribution in [0.15, 0.2) is 52.4 Å². The fourth-order valence-electron chi connectivity index (χ4n) is 2.37. The summed E-state index contributed by atoms with van der Waals surface area (Å²) in [7, 11) is 0. The Hall–Kier alpha value is -2.46. The molecule has 8 heteroatoms. The number of nitrogens with one attached hydrogen (secondary N) is 1. The van der Waals surface area contributed by atoms with Gasteiger partial charge in [0.2, 0.25) is 0 Å². The van der Waals surface area contributed by atoms with E-state index in [0.29, 0.717) is 38.8 Å². The number of H-pyrrole nitrogens is 1. The predicted molar refractivity (Wildman–Crippen MR) is 108 cm³/mol. The average Bonchev–Trinajstić information content (AvgIpc) is 2.67. The van der Waals surface area contributed by atoms with Gasteiger partial charge in [-0.3, -0.25) is 4.79 Å². The number of aromatic nitrogens is 2. The van der Waals surface area contributed by atoms with Gasteiger partial charge in [0, 0.05) is 21.2 Å². The topological polar surface area (TPSA) is 78.8 Å². The lowest BCUT2D eigenvalue weighted by Gasteiger charge is -2.09. The molecule has 0 aliphatic rings. The number of thioether (sulfide) groups is 1. The second kappa shape index (κ2) is 8.49. The number of hydrogen-bond donors (Lipinski definition) is 1. The molecule has 3 rings (SSSR count). The maximum absolute atomic E-state index is 12.0. The summed E-state index contributed by atoms with van der Waals surface area (Å²) < 4.78 is 5.74. The van der Waals surface area contributed by atoms with E-state index < -0.39 is 5.56 Å². The summed E-state index contributed by atoms with van der Waals surface area (Å²) in [6, 6.07) is 14.1. The Morgan fingerprint density at radius 3 is 2.59 bits per heavy atom. The van der Waals surface area contributed by atoms with Crippen LogP contribution in [0.3, 0.4) is 0 Å². The molecule has 0 fully saturated rings. The van der Waals surface area contributed by atoms with Crippen LogP contribution in [-0.4, -0.2) is 16.2 Å². The van der Waals surface area contributed by atoms with Crippen LogP contribution in [0.25, 0.3) is 11.3 Å². The Kier molecular flexibility index (Phi) is 6.07. The molecule has 0 bridgehead atoms. The summed E-state index contributed by atoms with van der Waals surface area (Å²) in [5.41, 5.74) is 1.35. The van der Waals surface area contributed by atoms with Crippen molar-refractivity contribution in [3.8, 4) is 23.1 Å². The Morgan fingerprint density at radius 1 is 1.22 bits per heavy atom. The Morgan fingerprint density at radius 2 is 1.96 bits per heavy atom. The highest BCUT2D eigenvalue weighted by Crippen LogP contribution is 2.26. The molecule has 0 saturated carbocycles. The molecule has 1 heterocycles. The molecule has 2 aromatic carbocycles. The van der Waals surface area contributed by atoms with Crippen molar-refractivity contribution in [3.05, 3.63) is 74.0 Å². The third-order valence-electron chi connectivity index (χ3n) is 3.74. The van der Waals surface area contributed by atoms with Crippen LogP contribution in [0.4, 0.5) is 0 Å². The van der Waals surface area contributed by atoms with E-state index in [1.54, 1.807) is 42.7 Å². The molecule has 27 heavy (non-hydrogen) atoms. The van der Waals surface area contributed by atoms with Gasteiger partial charge in [0.25, 0.3) is 5.56 Å². The monoisotopic (exact) mass is 417 g/mol. The predicted octanol–water partition coefficient (Wildman–Crippen LogP) is 4.92. The number of hydrogen-bond acceptors (Lipinski definition) is 5. The van der Waals surface area contributed by atoms with Crippen molar-refractivity contribution in [3.63, 3.8) is 0 Å². The van der Waals surface area contributed by atoms with Crippen molar-refractivity contribution in [2.75, 3.05) is 6.26 Å². The lowest BCUT2D eigenvalue weighted by atomic mass is 10.1. The van der Waals surface area contributed by atoms with E-state index >= 15 is 0 Å². The van der Waals surface area contributed by atoms with Gasteiger partial charge in [0.15, 0.2) is 5.16 Å². The number of aromatic amines is 1. The highest BCUT2D eigenvalue weighted by atomic mass is 35.5. The molecule has 0 aliphatic carbocycles. The van der Waals surface area contributed by atoms with Crippen LogP contribution >= 0.6 is 35.0 Å². The van der Waals surface area contributed by atoms with Crippen molar-refractivity contribution >= 4 is 35.0 Å². The second-order valence-electron chi connectivity index (χ2n) is 5.46. The third-order valence-corrected chi connectivity index (χ3v) is 4.91. The van der Waals surface area contributed by atoms with Gasteiger partial charge >= 0.3 is 0 Å². The summed E-state index contributed by atoms with van der Waals surface area (Å²) in [4.78, 5) is 19.0. The van der Waals surface area contributed by atoms with Gasteiger partial charge in [-0.15, -0.1) is 0 Å². The first-order chi connectivity index (χ1) is 13.0. The van der Waals surface area contributed by atoms with Gasteiger partial charge in [-0.25, -0.2) is 4.98 Å². The fraction of sp³-hybridized carbons (Fsp3) is 0.105. The normalized spacial score (nSPS) is 10.4. The lowest BCUT2D eigenvalue weighted by molar-refractivity contribution is 0.306. The van der Waals surface area contributed by atoms with Crippen LogP contribution < -0.4 is 10.3 Å². The zero-order chi connectivity index (χ0) is 19.4. The average molecular weight is 418 g/mol. The van der Waals surface area contributed by atoms with Crippen LogP contribution in [0.1, 0.15) is 11.1 Å². The summed E-state index contributed by atoms with van der Waals surface area (Å²) >= 11 is 13.3. The third kappa shape index (κ3) is 4.45. The van der Waals surface area contributed by atoms with Gasteiger partial charge in [-0.1, -0.05) is 41.0 Å². The van der Waals surface area contributed by atoms with Crippen LogP contribution in [-0.2, 0) is 6.61 Å². The van der Waals surface area contributed by atoms with E-state index in [9.17, 15) is 10.1 Å². The van der Waals surface area contributed by atoms with Crippen LogP contribution in [0.5, 0.6) is 5.75 Å². The fourth-order valence-corrected chi connectivity index (χ4v) is 3.21. The molecular formula is C19H13Cl2N3O2S. The molecule has 0 saturated heterocycles. The van der Waals surface area contributed by atoms with E-state index in [4.69, 9.17) is 27.9 Å². The molecule has 0 atom stereocenters. The molecule has 5 nitrogen and oxygen atoms in total. The van der Waals surface area contributed by atoms with Gasteiger partial charge in [-0.2, -0.15) is 5.26 Å². The van der Waals surface area contributed by atoms with Crippen molar-refractivity contribution < 1.29 is 4.74 Å².